The van der Waals surface area contributed by atoms with E-state index in [1.54, 1.807) is 4.68 Å². The fraction of sp³-hybridized carbons (Fsp3) is 0.333. The van der Waals surface area contributed by atoms with Gasteiger partial charge in [-0.25, -0.2) is 0 Å². The van der Waals surface area contributed by atoms with Gasteiger partial charge in [-0.15, -0.1) is 9.89 Å². The Balaban J connectivity index is 1.71. The lowest BCUT2D eigenvalue weighted by Gasteiger charge is -2.21. The van der Waals surface area contributed by atoms with Crippen molar-refractivity contribution >= 4 is 18.4 Å². The molecule has 1 aliphatic rings. The Morgan fingerprint density at radius 1 is 1.27 bits per heavy atom. The maximum absolute atomic E-state index is 5.64. The first-order chi connectivity index (χ1) is 10.8. The monoisotopic (exact) mass is 313 g/mol. The smallest absolute Gasteiger partial charge is 0.242 e. The highest BCUT2D eigenvalue weighted by atomic mass is 32.1. The molecule has 0 amide bonds. The first-order valence-corrected chi connectivity index (χ1v) is 7.51. The highest BCUT2D eigenvalue weighted by molar-refractivity contribution is 7.71. The lowest BCUT2D eigenvalue weighted by atomic mass is 10.2. The van der Waals surface area contributed by atoms with Crippen molar-refractivity contribution in [2.75, 3.05) is 6.61 Å². The average Bonchev–Trinajstić information content (AvgIpc) is 2.94. The first kappa shape index (κ1) is 14.6. The van der Waals surface area contributed by atoms with Gasteiger partial charge >= 0.3 is 0 Å². The summed E-state index contributed by atoms with van der Waals surface area (Å²) in [6, 6.07) is 9.69. The fourth-order valence-corrected chi connectivity index (χ4v) is 2.38. The number of rotatable bonds is 2. The third kappa shape index (κ3) is 3.47. The van der Waals surface area contributed by atoms with Gasteiger partial charge in [0, 0.05) is 12.2 Å². The van der Waals surface area contributed by atoms with Crippen LogP contribution in [-0.2, 0) is 4.74 Å². The molecule has 22 heavy (non-hydrogen) atoms. The van der Waals surface area contributed by atoms with E-state index in [1.807, 2.05) is 30.3 Å². The van der Waals surface area contributed by atoms with Crippen molar-refractivity contribution in [2.24, 2.45) is 5.10 Å². The molecule has 7 heteroatoms. The van der Waals surface area contributed by atoms with Crippen molar-refractivity contribution < 1.29 is 4.74 Å². The van der Waals surface area contributed by atoms with Crippen molar-refractivity contribution in [3.63, 3.8) is 0 Å². The van der Waals surface area contributed by atoms with Crippen molar-refractivity contribution in [2.45, 2.75) is 25.5 Å². The molecule has 2 aromatic rings. The van der Waals surface area contributed by atoms with Crippen molar-refractivity contribution in [1.82, 2.24) is 19.9 Å². The molecule has 0 aliphatic carbocycles. The normalized spacial score (nSPS) is 18.1. The summed E-state index contributed by atoms with van der Waals surface area (Å²) in [7, 11) is 0. The van der Waals surface area contributed by atoms with Gasteiger partial charge in [0.05, 0.1) is 6.21 Å². The molecule has 1 saturated heterocycles. The van der Waals surface area contributed by atoms with Crippen LogP contribution in [0.5, 0.6) is 0 Å². The Morgan fingerprint density at radius 3 is 2.91 bits per heavy atom. The Morgan fingerprint density at radius 2 is 2.14 bits per heavy atom. The van der Waals surface area contributed by atoms with Crippen LogP contribution >= 0.6 is 12.2 Å². The van der Waals surface area contributed by atoms with Crippen LogP contribution in [0, 0.1) is 16.6 Å². The lowest BCUT2D eigenvalue weighted by molar-refractivity contribution is -0.0415. The Hall–Kier alpha value is -2.30. The summed E-state index contributed by atoms with van der Waals surface area (Å²) < 4.78 is 7.64. The van der Waals surface area contributed by atoms with Crippen LogP contribution in [-0.4, -0.2) is 32.7 Å². The van der Waals surface area contributed by atoms with E-state index in [-0.39, 0.29) is 6.23 Å². The second-order valence-electron chi connectivity index (χ2n) is 4.80. The molecule has 1 fully saturated rings. The minimum Gasteiger partial charge on any atom is -0.356 e. The van der Waals surface area contributed by atoms with E-state index >= 15 is 0 Å². The molecular weight excluding hydrogens is 298 g/mol. The zero-order valence-electron chi connectivity index (χ0n) is 11.9. The Labute approximate surface area is 133 Å². The van der Waals surface area contributed by atoms with Crippen LogP contribution in [0.2, 0.25) is 0 Å². The Bertz CT molecular complexity index is 762. The number of ether oxygens (including phenoxy) is 1. The molecule has 0 spiro atoms. The molecule has 1 aromatic heterocycles. The number of benzene rings is 1. The molecule has 1 aromatic carbocycles. The summed E-state index contributed by atoms with van der Waals surface area (Å²) >= 11 is 5.31. The van der Waals surface area contributed by atoms with Crippen LogP contribution in [0.4, 0.5) is 0 Å². The molecule has 1 atom stereocenters. The van der Waals surface area contributed by atoms with Crippen LogP contribution in [0.1, 0.15) is 31.1 Å². The second kappa shape index (κ2) is 7.11. The van der Waals surface area contributed by atoms with Gasteiger partial charge in [-0.1, -0.05) is 24.1 Å². The minimum absolute atomic E-state index is 0.138. The summed E-state index contributed by atoms with van der Waals surface area (Å²) in [5.41, 5.74) is 0.928. The molecule has 0 saturated carbocycles. The Kier molecular flexibility index (Phi) is 4.73. The fourth-order valence-electron chi connectivity index (χ4n) is 2.14. The minimum atomic E-state index is -0.138. The molecular formula is C15H15N5OS. The molecule has 1 unspecified atom stereocenters. The highest BCUT2D eigenvalue weighted by Gasteiger charge is 2.18. The predicted molar refractivity (Wildman–Crippen MR) is 84.9 cm³/mol. The largest absolute Gasteiger partial charge is 0.356 e. The van der Waals surface area contributed by atoms with Gasteiger partial charge < -0.3 is 4.74 Å². The van der Waals surface area contributed by atoms with Crippen molar-refractivity contribution in [3.8, 4) is 11.8 Å². The SMILES string of the molecule is S=c1n(N=CC#Cc2ccccc2)nnn1C1CCCCO1. The van der Waals surface area contributed by atoms with E-state index in [0.717, 1.165) is 31.4 Å². The molecule has 6 nitrogen and oxygen atoms in total. The highest BCUT2D eigenvalue weighted by Crippen LogP contribution is 2.21. The van der Waals surface area contributed by atoms with Gasteiger partial charge in [0.15, 0.2) is 6.23 Å². The maximum atomic E-state index is 5.64. The van der Waals surface area contributed by atoms with Crippen molar-refractivity contribution in [1.29, 1.82) is 0 Å². The number of hydrogen-bond donors (Lipinski definition) is 0. The zero-order chi connectivity index (χ0) is 15.2. The molecule has 1 aliphatic heterocycles. The number of hydrogen-bond acceptors (Lipinski definition) is 5. The molecule has 3 rings (SSSR count). The van der Waals surface area contributed by atoms with E-state index in [9.17, 15) is 0 Å². The second-order valence-corrected chi connectivity index (χ2v) is 5.16. The standard InChI is InChI=1S/C15H15N5OS/c22-15-19(14-10-4-5-12-21-14)17-18-20(15)16-11-6-9-13-7-2-1-3-8-13/h1-3,7-8,11,14H,4-5,10,12H2. The number of tetrazole rings is 1. The summed E-state index contributed by atoms with van der Waals surface area (Å²) in [5, 5.41) is 12.0. The topological polar surface area (TPSA) is 57.2 Å². The number of aromatic nitrogens is 4. The van der Waals surface area contributed by atoms with E-state index < -0.39 is 0 Å². The maximum Gasteiger partial charge on any atom is 0.242 e. The summed E-state index contributed by atoms with van der Waals surface area (Å²) in [6.45, 7) is 0.727. The van der Waals surface area contributed by atoms with Crippen LogP contribution < -0.4 is 0 Å². The van der Waals surface area contributed by atoms with Crippen molar-refractivity contribution in [3.05, 3.63) is 40.7 Å². The molecule has 0 radical (unpaired) electrons. The quantitative estimate of drug-likeness (QED) is 0.485. The van der Waals surface area contributed by atoms with Gasteiger partial charge in [0.1, 0.15) is 0 Å². The third-order valence-electron chi connectivity index (χ3n) is 3.24. The third-order valence-corrected chi connectivity index (χ3v) is 3.59. The van der Waals surface area contributed by atoms with Crippen LogP contribution in [0.3, 0.4) is 0 Å². The van der Waals surface area contributed by atoms with Gasteiger partial charge in [-0.05, 0) is 60.0 Å². The summed E-state index contributed by atoms with van der Waals surface area (Å²) in [5.74, 6) is 5.83. The van der Waals surface area contributed by atoms with Crippen LogP contribution in [0.25, 0.3) is 0 Å². The summed E-state index contributed by atoms with van der Waals surface area (Å²) in [6.07, 6.45) is 4.39. The average molecular weight is 313 g/mol. The van der Waals surface area contributed by atoms with E-state index in [4.69, 9.17) is 17.0 Å². The van der Waals surface area contributed by atoms with E-state index in [2.05, 4.69) is 27.4 Å². The first-order valence-electron chi connectivity index (χ1n) is 7.10. The molecule has 0 bridgehead atoms. The van der Waals surface area contributed by atoms with E-state index in [0.29, 0.717) is 4.77 Å². The van der Waals surface area contributed by atoms with Crippen LogP contribution in [0.15, 0.2) is 35.4 Å². The summed E-state index contributed by atoms with van der Waals surface area (Å²) in [4.78, 5) is 1.28. The van der Waals surface area contributed by atoms with E-state index in [1.165, 1.54) is 11.0 Å². The lowest BCUT2D eigenvalue weighted by Crippen LogP contribution is -2.19. The zero-order valence-corrected chi connectivity index (χ0v) is 12.7. The van der Waals surface area contributed by atoms with Gasteiger partial charge in [-0.2, -0.15) is 4.68 Å². The molecule has 2 heterocycles. The van der Waals surface area contributed by atoms with Gasteiger partial charge in [0.2, 0.25) is 4.77 Å². The number of nitrogens with zero attached hydrogens (tertiary/aromatic N) is 5. The van der Waals surface area contributed by atoms with Gasteiger partial charge in [-0.3, -0.25) is 0 Å². The predicted octanol–water partition coefficient (Wildman–Crippen LogP) is 2.39. The molecule has 0 N–H and O–H groups in total. The van der Waals surface area contributed by atoms with Gasteiger partial charge in [0.25, 0.3) is 0 Å². The molecule has 112 valence electrons.